The molecule has 2 aromatic rings. The fourth-order valence-electron chi connectivity index (χ4n) is 1.43. The minimum absolute atomic E-state index is 0.0169. The summed E-state index contributed by atoms with van der Waals surface area (Å²) in [5, 5.41) is 3.24. The van der Waals surface area contributed by atoms with Crippen molar-refractivity contribution in [2.24, 2.45) is 0 Å². The van der Waals surface area contributed by atoms with Gasteiger partial charge in [0.25, 0.3) is 5.91 Å². The van der Waals surface area contributed by atoms with Gasteiger partial charge in [-0.15, -0.1) is 0 Å². The summed E-state index contributed by atoms with van der Waals surface area (Å²) in [7, 11) is 0. The molecule has 1 N–H and O–H groups in total. The Bertz CT molecular complexity index is 603. The minimum Gasteiger partial charge on any atom is -0.321 e. The molecule has 18 heavy (non-hydrogen) atoms. The fraction of sp³-hybridized carbons (Fsp3) is 0. The molecule has 0 aromatic heterocycles. The quantitative estimate of drug-likeness (QED) is 0.778. The van der Waals surface area contributed by atoms with Crippen molar-refractivity contribution >= 4 is 45.8 Å². The second-order valence-corrected chi connectivity index (χ2v) is 5.16. The van der Waals surface area contributed by atoms with E-state index in [1.165, 1.54) is 18.2 Å². The number of carbonyl (C=O) groups is 1. The molecule has 2 rings (SSSR count). The number of hydrogen-bond acceptors (Lipinski definition) is 1. The lowest BCUT2D eigenvalue weighted by molar-refractivity contribution is 0.102. The number of nitrogens with one attached hydrogen (secondary N) is 1. The van der Waals surface area contributed by atoms with E-state index in [2.05, 4.69) is 27.9 Å². The lowest BCUT2D eigenvalue weighted by Crippen LogP contribution is -2.14. The number of halogens is 3. The molecule has 0 unspecified atom stereocenters. The van der Waals surface area contributed by atoms with Crippen LogP contribution >= 0.6 is 34.2 Å². The molecular formula is C13H8ClFINO. The van der Waals surface area contributed by atoms with Crippen molar-refractivity contribution < 1.29 is 9.18 Å². The van der Waals surface area contributed by atoms with E-state index in [-0.39, 0.29) is 5.56 Å². The van der Waals surface area contributed by atoms with Crippen LogP contribution in [0, 0.1) is 9.39 Å². The Morgan fingerprint density at radius 1 is 1.22 bits per heavy atom. The highest BCUT2D eigenvalue weighted by atomic mass is 127. The van der Waals surface area contributed by atoms with Gasteiger partial charge in [-0.1, -0.05) is 23.7 Å². The van der Waals surface area contributed by atoms with Gasteiger partial charge in [0.15, 0.2) is 0 Å². The SMILES string of the molecule is O=C(Nc1ccc(Cl)cc1I)c1ccccc1F. The van der Waals surface area contributed by atoms with Crippen LogP contribution in [0.25, 0.3) is 0 Å². The molecule has 0 aliphatic rings. The number of anilines is 1. The first-order chi connectivity index (χ1) is 8.58. The molecule has 0 bridgehead atoms. The highest BCUT2D eigenvalue weighted by Crippen LogP contribution is 2.23. The molecule has 5 heteroatoms. The van der Waals surface area contributed by atoms with Crippen molar-refractivity contribution in [1.82, 2.24) is 0 Å². The zero-order chi connectivity index (χ0) is 13.1. The second-order valence-electron chi connectivity index (χ2n) is 3.56. The monoisotopic (exact) mass is 375 g/mol. The fourth-order valence-corrected chi connectivity index (χ4v) is 2.43. The lowest BCUT2D eigenvalue weighted by Gasteiger charge is -2.08. The van der Waals surface area contributed by atoms with Crippen LogP contribution in [0.4, 0.5) is 10.1 Å². The summed E-state index contributed by atoms with van der Waals surface area (Å²) in [5.74, 6) is -1.02. The van der Waals surface area contributed by atoms with Crippen LogP contribution in [0.2, 0.25) is 5.02 Å². The van der Waals surface area contributed by atoms with Crippen LogP contribution in [-0.2, 0) is 0 Å². The van der Waals surface area contributed by atoms with Gasteiger partial charge in [-0.2, -0.15) is 0 Å². The summed E-state index contributed by atoms with van der Waals surface area (Å²) in [6.07, 6.45) is 0. The van der Waals surface area contributed by atoms with Crippen LogP contribution in [0.3, 0.4) is 0 Å². The molecule has 0 heterocycles. The highest BCUT2D eigenvalue weighted by molar-refractivity contribution is 14.1. The first-order valence-corrected chi connectivity index (χ1v) is 6.54. The van der Waals surface area contributed by atoms with E-state index in [0.29, 0.717) is 10.7 Å². The molecule has 0 fully saturated rings. The van der Waals surface area contributed by atoms with Gasteiger partial charge >= 0.3 is 0 Å². The van der Waals surface area contributed by atoms with Crippen molar-refractivity contribution in [3.8, 4) is 0 Å². The van der Waals surface area contributed by atoms with Crippen LogP contribution in [0.5, 0.6) is 0 Å². The van der Waals surface area contributed by atoms with Crippen molar-refractivity contribution in [2.75, 3.05) is 5.32 Å². The molecule has 0 spiro atoms. The van der Waals surface area contributed by atoms with E-state index >= 15 is 0 Å². The topological polar surface area (TPSA) is 29.1 Å². The predicted molar refractivity (Wildman–Crippen MR) is 78.5 cm³/mol. The summed E-state index contributed by atoms with van der Waals surface area (Å²) in [6.45, 7) is 0. The van der Waals surface area contributed by atoms with Crippen molar-refractivity contribution in [1.29, 1.82) is 0 Å². The maximum absolute atomic E-state index is 13.4. The standard InChI is InChI=1S/C13H8ClFINO/c14-8-5-6-12(11(16)7-8)17-13(18)9-3-1-2-4-10(9)15/h1-7H,(H,17,18). The van der Waals surface area contributed by atoms with Crippen molar-refractivity contribution in [2.45, 2.75) is 0 Å². The molecule has 0 saturated carbocycles. The van der Waals surface area contributed by atoms with Gasteiger partial charge in [-0.25, -0.2) is 4.39 Å². The summed E-state index contributed by atoms with van der Waals surface area (Å²) >= 11 is 7.87. The second kappa shape index (κ2) is 5.67. The third kappa shape index (κ3) is 3.00. The van der Waals surface area contributed by atoms with Gasteiger partial charge in [0.1, 0.15) is 5.82 Å². The normalized spacial score (nSPS) is 10.2. The largest absolute Gasteiger partial charge is 0.321 e. The number of amides is 1. The summed E-state index contributed by atoms with van der Waals surface area (Å²) in [5.41, 5.74) is 0.622. The number of benzene rings is 2. The molecule has 0 saturated heterocycles. The maximum atomic E-state index is 13.4. The van der Waals surface area contributed by atoms with Gasteiger partial charge < -0.3 is 5.32 Å². The average Bonchev–Trinajstić information content (AvgIpc) is 2.33. The van der Waals surface area contributed by atoms with Gasteiger partial charge in [0.05, 0.1) is 11.3 Å². The molecule has 0 atom stereocenters. The smallest absolute Gasteiger partial charge is 0.258 e. The van der Waals surface area contributed by atoms with Gasteiger partial charge in [0.2, 0.25) is 0 Å². The number of carbonyl (C=O) groups excluding carboxylic acids is 1. The van der Waals surface area contributed by atoms with Crippen LogP contribution in [-0.4, -0.2) is 5.91 Å². The average molecular weight is 376 g/mol. The number of hydrogen-bond donors (Lipinski definition) is 1. The van der Waals surface area contributed by atoms with E-state index in [4.69, 9.17) is 11.6 Å². The Hall–Kier alpha value is -1.14. The molecular weight excluding hydrogens is 368 g/mol. The van der Waals surface area contributed by atoms with Gasteiger partial charge in [-0.05, 0) is 52.9 Å². The summed E-state index contributed by atoms with van der Waals surface area (Å²) < 4.78 is 14.2. The Morgan fingerprint density at radius 2 is 1.94 bits per heavy atom. The molecule has 2 aromatic carbocycles. The Labute approximate surface area is 122 Å². The Morgan fingerprint density at radius 3 is 2.61 bits per heavy atom. The summed E-state index contributed by atoms with van der Waals surface area (Å²) in [4.78, 5) is 11.9. The zero-order valence-corrected chi connectivity index (χ0v) is 12.0. The molecule has 92 valence electrons. The lowest BCUT2D eigenvalue weighted by atomic mass is 10.2. The third-order valence-electron chi connectivity index (χ3n) is 2.30. The zero-order valence-electron chi connectivity index (χ0n) is 9.08. The van der Waals surface area contributed by atoms with E-state index in [9.17, 15) is 9.18 Å². The number of rotatable bonds is 2. The Balaban J connectivity index is 2.24. The Kier molecular flexibility index (Phi) is 4.19. The summed E-state index contributed by atoms with van der Waals surface area (Å²) in [6, 6.07) is 10.9. The van der Waals surface area contributed by atoms with Gasteiger partial charge in [0, 0.05) is 8.59 Å². The van der Waals surface area contributed by atoms with Crippen LogP contribution < -0.4 is 5.32 Å². The van der Waals surface area contributed by atoms with Crippen LogP contribution in [0.1, 0.15) is 10.4 Å². The van der Waals surface area contributed by atoms with Gasteiger partial charge in [-0.3, -0.25) is 4.79 Å². The predicted octanol–water partition coefficient (Wildman–Crippen LogP) is 4.34. The van der Waals surface area contributed by atoms with Crippen LogP contribution in [0.15, 0.2) is 42.5 Å². The molecule has 0 aliphatic heterocycles. The first kappa shape index (κ1) is 13.3. The minimum atomic E-state index is -0.543. The molecule has 0 radical (unpaired) electrons. The maximum Gasteiger partial charge on any atom is 0.258 e. The molecule has 1 amide bonds. The highest BCUT2D eigenvalue weighted by Gasteiger charge is 2.12. The van der Waals surface area contributed by atoms with E-state index in [0.717, 1.165) is 3.57 Å². The van der Waals surface area contributed by atoms with E-state index < -0.39 is 11.7 Å². The van der Waals surface area contributed by atoms with Crippen molar-refractivity contribution in [3.05, 3.63) is 62.4 Å². The molecule has 0 aliphatic carbocycles. The molecule has 2 nitrogen and oxygen atoms in total. The first-order valence-electron chi connectivity index (χ1n) is 5.09. The third-order valence-corrected chi connectivity index (χ3v) is 3.43. The van der Waals surface area contributed by atoms with E-state index in [1.807, 2.05) is 0 Å². The van der Waals surface area contributed by atoms with Crippen molar-refractivity contribution in [3.63, 3.8) is 0 Å². The van der Waals surface area contributed by atoms with E-state index in [1.54, 1.807) is 24.3 Å².